The third kappa shape index (κ3) is 5.32. The van der Waals surface area contributed by atoms with Crippen LogP contribution in [0.5, 0.6) is 5.75 Å². The minimum atomic E-state index is -0.695. The second kappa shape index (κ2) is 9.68. The minimum Gasteiger partial charge on any atom is -0.492 e. The summed E-state index contributed by atoms with van der Waals surface area (Å²) in [6.45, 7) is 2.34. The molecule has 0 saturated carbocycles. The van der Waals surface area contributed by atoms with Crippen LogP contribution in [0.1, 0.15) is 12.5 Å². The fourth-order valence-electron chi connectivity index (χ4n) is 2.17. The fourth-order valence-corrected chi connectivity index (χ4v) is 3.84. The molecule has 0 bridgehead atoms. The molecule has 0 radical (unpaired) electrons. The molecular weight excluding hydrogens is 517 g/mol. The number of amides is 1. The monoisotopic (exact) mass is 527 g/mol. The van der Waals surface area contributed by atoms with E-state index in [1.807, 2.05) is 13.0 Å². The number of benzene rings is 2. The van der Waals surface area contributed by atoms with Crippen LogP contribution in [0.2, 0.25) is 5.02 Å². The summed E-state index contributed by atoms with van der Waals surface area (Å²) in [5.41, 5.74) is 0.372. The van der Waals surface area contributed by atoms with Gasteiger partial charge in [0.1, 0.15) is 17.4 Å². The molecule has 0 aromatic heterocycles. The summed E-state index contributed by atoms with van der Waals surface area (Å²) in [4.78, 5) is 22.6. The van der Waals surface area contributed by atoms with Gasteiger partial charge in [0.25, 0.3) is 11.6 Å². The molecule has 0 aliphatic heterocycles. The topological polar surface area (TPSA) is 105 Å². The molecule has 10 heteroatoms. The summed E-state index contributed by atoms with van der Waals surface area (Å²) in [6, 6.07) is 8.88. The number of anilines is 1. The number of nitro benzene ring substituents is 1. The number of halogens is 3. The molecule has 0 unspecified atom stereocenters. The van der Waals surface area contributed by atoms with Gasteiger partial charge in [-0.05, 0) is 68.6 Å². The first-order valence-electron chi connectivity index (χ1n) is 7.75. The lowest BCUT2D eigenvalue weighted by atomic mass is 10.1. The van der Waals surface area contributed by atoms with Crippen LogP contribution >= 0.6 is 43.5 Å². The van der Waals surface area contributed by atoms with Crippen LogP contribution in [0.3, 0.4) is 0 Å². The van der Waals surface area contributed by atoms with Gasteiger partial charge < -0.3 is 10.1 Å². The maximum atomic E-state index is 12.4. The maximum Gasteiger partial charge on any atom is 0.271 e. The molecule has 0 spiro atoms. The molecule has 0 fully saturated rings. The number of nitrogens with one attached hydrogen (secondary N) is 1. The Kier molecular flexibility index (Phi) is 7.57. The largest absolute Gasteiger partial charge is 0.492 e. The molecule has 1 amide bonds. The van der Waals surface area contributed by atoms with Crippen molar-refractivity contribution in [3.8, 4) is 11.8 Å². The smallest absolute Gasteiger partial charge is 0.271 e. The van der Waals surface area contributed by atoms with Crippen LogP contribution < -0.4 is 10.1 Å². The zero-order valence-corrected chi connectivity index (χ0v) is 18.3. The molecule has 2 aromatic rings. The van der Waals surface area contributed by atoms with Gasteiger partial charge in [0.15, 0.2) is 0 Å². The highest BCUT2D eigenvalue weighted by Crippen LogP contribution is 2.35. The maximum absolute atomic E-state index is 12.4. The molecular formula is C18H12Br2ClN3O4. The highest BCUT2D eigenvalue weighted by Gasteiger charge is 2.15. The molecule has 0 atom stereocenters. The first-order valence-corrected chi connectivity index (χ1v) is 9.72. The van der Waals surface area contributed by atoms with Crippen molar-refractivity contribution in [1.29, 1.82) is 5.26 Å². The highest BCUT2D eigenvalue weighted by atomic mass is 79.9. The Hall–Kier alpha value is -2.41. The van der Waals surface area contributed by atoms with Crippen LogP contribution in [-0.4, -0.2) is 17.4 Å². The first kappa shape index (κ1) is 21.9. The summed E-state index contributed by atoms with van der Waals surface area (Å²) in [7, 11) is 0. The molecule has 2 aromatic carbocycles. The van der Waals surface area contributed by atoms with E-state index >= 15 is 0 Å². The van der Waals surface area contributed by atoms with Gasteiger partial charge >= 0.3 is 0 Å². The van der Waals surface area contributed by atoms with Crippen LogP contribution in [-0.2, 0) is 4.79 Å². The van der Waals surface area contributed by atoms with E-state index in [9.17, 15) is 20.2 Å². The van der Waals surface area contributed by atoms with E-state index in [1.165, 1.54) is 18.2 Å². The van der Waals surface area contributed by atoms with E-state index in [2.05, 4.69) is 37.2 Å². The molecule has 0 aliphatic rings. The molecule has 0 aliphatic carbocycles. The van der Waals surface area contributed by atoms with E-state index in [1.54, 1.807) is 12.1 Å². The number of nitrogens with zero attached hydrogens (tertiary/aromatic N) is 2. The van der Waals surface area contributed by atoms with Gasteiger partial charge in [-0.15, -0.1) is 0 Å². The second-order valence-electron chi connectivity index (χ2n) is 5.29. The summed E-state index contributed by atoms with van der Waals surface area (Å²) < 4.78 is 6.82. The van der Waals surface area contributed by atoms with Crippen molar-refractivity contribution in [1.82, 2.24) is 0 Å². The second-order valence-corrected chi connectivity index (χ2v) is 7.41. The number of ether oxygens (including phenoxy) is 1. The van der Waals surface area contributed by atoms with Crippen molar-refractivity contribution in [2.24, 2.45) is 0 Å². The van der Waals surface area contributed by atoms with Crippen molar-refractivity contribution in [2.45, 2.75) is 6.92 Å². The van der Waals surface area contributed by atoms with Crippen molar-refractivity contribution in [3.05, 3.63) is 65.6 Å². The summed E-state index contributed by atoms with van der Waals surface area (Å²) in [6.07, 6.45) is 1.40. The normalized spacial score (nSPS) is 10.9. The number of non-ortho nitro benzene ring substituents is 1. The predicted molar refractivity (Wildman–Crippen MR) is 113 cm³/mol. The Balaban J connectivity index is 2.29. The fraction of sp³-hybridized carbons (Fsp3) is 0.111. The first-order chi connectivity index (χ1) is 13.3. The van der Waals surface area contributed by atoms with Crippen LogP contribution in [0, 0.1) is 21.4 Å². The van der Waals surface area contributed by atoms with Gasteiger partial charge in [-0.3, -0.25) is 14.9 Å². The van der Waals surface area contributed by atoms with E-state index in [0.717, 1.165) is 6.07 Å². The third-order valence-corrected chi connectivity index (χ3v) is 4.89. The zero-order chi connectivity index (χ0) is 20.8. The van der Waals surface area contributed by atoms with E-state index in [4.69, 9.17) is 16.3 Å². The van der Waals surface area contributed by atoms with E-state index < -0.39 is 10.8 Å². The Bertz CT molecular complexity index is 995. The number of hydrogen-bond acceptors (Lipinski definition) is 5. The Morgan fingerprint density at radius 2 is 2.00 bits per heavy atom. The number of nitro groups is 1. The van der Waals surface area contributed by atoms with Gasteiger partial charge in [-0.25, -0.2) is 0 Å². The van der Waals surface area contributed by atoms with Gasteiger partial charge in [0.05, 0.1) is 31.2 Å². The number of carbonyl (C=O) groups is 1. The third-order valence-electron chi connectivity index (χ3n) is 3.40. The van der Waals surface area contributed by atoms with Gasteiger partial charge in [0, 0.05) is 12.1 Å². The van der Waals surface area contributed by atoms with Crippen molar-refractivity contribution in [2.75, 3.05) is 11.9 Å². The van der Waals surface area contributed by atoms with Crippen LogP contribution in [0.4, 0.5) is 11.4 Å². The highest BCUT2D eigenvalue weighted by molar-refractivity contribution is 9.11. The molecule has 28 heavy (non-hydrogen) atoms. The van der Waals surface area contributed by atoms with E-state index in [-0.39, 0.29) is 22.0 Å². The molecule has 7 nitrogen and oxygen atoms in total. The lowest BCUT2D eigenvalue weighted by Crippen LogP contribution is -2.13. The molecule has 0 saturated heterocycles. The van der Waals surface area contributed by atoms with Crippen LogP contribution in [0.15, 0.2) is 44.9 Å². The average Bonchev–Trinajstić information content (AvgIpc) is 2.64. The number of hydrogen-bond donors (Lipinski definition) is 1. The molecule has 2 rings (SSSR count). The molecule has 1 N–H and O–H groups in total. The summed E-state index contributed by atoms with van der Waals surface area (Å²) in [5, 5.41) is 22.6. The van der Waals surface area contributed by atoms with Gasteiger partial charge in [0.2, 0.25) is 0 Å². The average molecular weight is 530 g/mol. The lowest BCUT2D eigenvalue weighted by molar-refractivity contribution is -0.384. The van der Waals surface area contributed by atoms with Crippen molar-refractivity contribution >= 4 is 66.8 Å². The Morgan fingerprint density at radius 1 is 1.36 bits per heavy atom. The van der Waals surface area contributed by atoms with Crippen LogP contribution in [0.25, 0.3) is 6.08 Å². The molecule has 0 heterocycles. The minimum absolute atomic E-state index is 0.00797. The zero-order valence-electron chi connectivity index (χ0n) is 14.3. The van der Waals surface area contributed by atoms with E-state index in [0.29, 0.717) is 26.9 Å². The SMILES string of the molecule is CCOc1c(Br)cc(/C=C(\C#N)C(=O)Nc2ccc([N+](=O)[O-])cc2Cl)cc1Br. The molecule has 144 valence electrons. The van der Waals surface area contributed by atoms with Crippen molar-refractivity contribution < 1.29 is 14.5 Å². The number of rotatable bonds is 6. The van der Waals surface area contributed by atoms with Gasteiger partial charge in [-0.2, -0.15) is 5.26 Å². The van der Waals surface area contributed by atoms with Gasteiger partial charge in [-0.1, -0.05) is 11.6 Å². The quantitative estimate of drug-likeness (QED) is 0.223. The predicted octanol–water partition coefficient (Wildman–Crippen LogP) is 5.72. The Labute approximate surface area is 182 Å². The number of carbonyl (C=O) groups excluding carboxylic acids is 1. The Morgan fingerprint density at radius 3 is 2.50 bits per heavy atom. The van der Waals surface area contributed by atoms with Crippen molar-refractivity contribution in [3.63, 3.8) is 0 Å². The summed E-state index contributed by atoms with van der Waals surface area (Å²) >= 11 is 12.7. The standard InChI is InChI=1S/C18H12Br2ClN3O4/c1-2-28-17-13(19)6-10(7-14(17)20)5-11(9-22)18(25)23-16-4-3-12(24(26)27)8-15(16)21/h3-8H,2H2,1H3,(H,23,25)/b11-5+. The lowest BCUT2D eigenvalue weighted by Gasteiger charge is -2.10. The summed E-state index contributed by atoms with van der Waals surface area (Å²) in [5.74, 6) is -0.0837. The number of nitriles is 1.